The minimum Gasteiger partial charge on any atom is -0.351 e. The van der Waals surface area contributed by atoms with Crippen LogP contribution in [0.25, 0.3) is 0 Å². The van der Waals surface area contributed by atoms with Gasteiger partial charge in [0.1, 0.15) is 0 Å². The van der Waals surface area contributed by atoms with Crippen LogP contribution in [0.15, 0.2) is 12.5 Å². The molecule has 4 nitrogen and oxygen atoms in total. The van der Waals surface area contributed by atoms with Gasteiger partial charge in [0.2, 0.25) is 0 Å². The molecule has 4 heteroatoms. The number of rotatable bonds is 3. The molecule has 0 aromatic carbocycles. The minimum absolute atomic E-state index is 0.0326. The lowest BCUT2D eigenvalue weighted by Gasteiger charge is -1.86. The third kappa shape index (κ3) is 1.89. The number of aromatic nitrogens is 2. The van der Waals surface area contributed by atoms with E-state index in [0.29, 0.717) is 6.42 Å². The highest BCUT2D eigenvalue weighted by molar-refractivity contribution is 5.66. The summed E-state index contributed by atoms with van der Waals surface area (Å²) < 4.78 is 0. The quantitative estimate of drug-likeness (QED) is 0.654. The van der Waals surface area contributed by atoms with Crippen LogP contribution >= 0.6 is 0 Å². The van der Waals surface area contributed by atoms with E-state index in [4.69, 9.17) is 0 Å². The summed E-state index contributed by atoms with van der Waals surface area (Å²) in [6.07, 6.45) is 3.66. The molecule has 0 unspecified atom stereocenters. The normalized spacial score (nSPS) is 9.60. The molecule has 0 aliphatic carbocycles. The molecule has 1 N–H and O–H groups in total. The molecule has 0 aliphatic rings. The average molecular weight is 139 g/mol. The van der Waals surface area contributed by atoms with Crippen LogP contribution in [-0.2, 0) is 16.3 Å². The monoisotopic (exact) mass is 139 g/mol. The Morgan fingerprint density at radius 2 is 2.50 bits per heavy atom. The highest BCUT2D eigenvalue weighted by Crippen LogP contribution is 1.95. The highest BCUT2D eigenvalue weighted by atomic mass is 16.4. The van der Waals surface area contributed by atoms with Crippen LogP contribution in [0.2, 0.25) is 0 Å². The van der Waals surface area contributed by atoms with Crippen LogP contribution < -0.4 is 0 Å². The summed E-state index contributed by atoms with van der Waals surface area (Å²) in [7, 11) is 0. The summed E-state index contributed by atoms with van der Waals surface area (Å²) in [6.45, 7) is 0. The molecule has 0 atom stereocenters. The van der Waals surface area contributed by atoms with Gasteiger partial charge in [0, 0.05) is 12.6 Å². The predicted molar refractivity (Wildman–Crippen MR) is 32.6 cm³/mol. The number of H-pyrrole nitrogens is 1. The zero-order chi connectivity index (χ0) is 7.40. The molecule has 0 saturated heterocycles. The summed E-state index contributed by atoms with van der Waals surface area (Å²) in [5.41, 5.74) is 0.754. The molecule has 0 fully saturated rings. The van der Waals surface area contributed by atoms with Gasteiger partial charge in [0.15, 0.2) is 0 Å². The average Bonchev–Trinajstić information content (AvgIpc) is 2.34. The van der Waals surface area contributed by atoms with Crippen LogP contribution in [0.5, 0.6) is 0 Å². The molecular formula is C6H7N2O2. The van der Waals surface area contributed by atoms with Gasteiger partial charge in [-0.1, -0.05) is 0 Å². The number of hydrogen-bond acceptors (Lipinski definition) is 2. The Morgan fingerprint density at radius 3 is 3.00 bits per heavy atom. The van der Waals surface area contributed by atoms with Gasteiger partial charge >= 0.3 is 5.97 Å². The summed E-state index contributed by atoms with van der Waals surface area (Å²) in [5.74, 6) is -1.04. The fourth-order valence-electron chi connectivity index (χ4n) is 0.658. The van der Waals surface area contributed by atoms with Crippen molar-refractivity contribution in [1.82, 2.24) is 9.97 Å². The molecule has 1 aromatic rings. The Hall–Kier alpha value is -1.32. The van der Waals surface area contributed by atoms with Gasteiger partial charge in [-0.05, 0) is 0 Å². The molecule has 1 rings (SSSR count). The first-order valence-corrected chi connectivity index (χ1v) is 2.96. The lowest BCUT2D eigenvalue weighted by molar-refractivity contribution is -0.143. The van der Waals surface area contributed by atoms with Crippen molar-refractivity contribution in [2.24, 2.45) is 0 Å². The van der Waals surface area contributed by atoms with E-state index < -0.39 is 5.97 Å². The molecule has 0 amide bonds. The maximum atomic E-state index is 9.95. The maximum absolute atomic E-state index is 9.95. The number of carbonyl (C=O) groups is 1. The number of nitrogens with one attached hydrogen (secondary N) is 1. The summed E-state index contributed by atoms with van der Waals surface area (Å²) >= 11 is 0. The molecule has 1 radical (unpaired) electrons. The van der Waals surface area contributed by atoms with E-state index in [2.05, 4.69) is 9.97 Å². The van der Waals surface area contributed by atoms with E-state index in [0.717, 1.165) is 5.69 Å². The van der Waals surface area contributed by atoms with E-state index in [1.54, 1.807) is 6.20 Å². The number of aromatic amines is 1. The number of aryl methyl sites for hydroxylation is 1. The van der Waals surface area contributed by atoms with Crippen LogP contribution in [0.3, 0.4) is 0 Å². The van der Waals surface area contributed by atoms with Gasteiger partial charge in [0.05, 0.1) is 18.4 Å². The minimum atomic E-state index is -1.04. The van der Waals surface area contributed by atoms with Crippen molar-refractivity contribution in [3.8, 4) is 0 Å². The number of carbonyl (C=O) groups excluding carboxylic acids is 1. The zero-order valence-electron chi connectivity index (χ0n) is 5.33. The second kappa shape index (κ2) is 3.00. The zero-order valence-corrected chi connectivity index (χ0v) is 5.33. The fraction of sp³-hybridized carbons (Fsp3) is 0.333. The Bertz CT molecular complexity index is 206. The third-order valence-corrected chi connectivity index (χ3v) is 1.14. The second-order valence-corrected chi connectivity index (χ2v) is 1.93. The highest BCUT2D eigenvalue weighted by Gasteiger charge is 2.00. The first-order valence-electron chi connectivity index (χ1n) is 2.96. The van der Waals surface area contributed by atoms with Gasteiger partial charge < -0.3 is 4.98 Å². The maximum Gasteiger partial charge on any atom is 0.355 e. The van der Waals surface area contributed by atoms with Crippen molar-refractivity contribution in [2.75, 3.05) is 0 Å². The van der Waals surface area contributed by atoms with E-state index in [-0.39, 0.29) is 6.42 Å². The largest absolute Gasteiger partial charge is 0.355 e. The van der Waals surface area contributed by atoms with Crippen molar-refractivity contribution in [3.63, 3.8) is 0 Å². The van der Waals surface area contributed by atoms with E-state index in [9.17, 15) is 9.90 Å². The first kappa shape index (κ1) is 6.80. The van der Waals surface area contributed by atoms with Gasteiger partial charge in [-0.3, -0.25) is 0 Å². The standard InChI is InChI=1S/C6H7N2O2/c9-6(10)2-1-5-3-7-4-8-5/h3-4H,1-2H2,(H,7,8). The molecule has 10 heavy (non-hydrogen) atoms. The molecule has 0 aliphatic heterocycles. The van der Waals surface area contributed by atoms with Crippen molar-refractivity contribution in [1.29, 1.82) is 0 Å². The van der Waals surface area contributed by atoms with Gasteiger partial charge in [-0.15, -0.1) is 0 Å². The SMILES string of the molecule is [O]C(=O)CCc1c[nH]cn1. The number of nitrogens with zero attached hydrogens (tertiary/aromatic N) is 1. The van der Waals surface area contributed by atoms with Crippen molar-refractivity contribution in [3.05, 3.63) is 18.2 Å². The molecule has 1 heterocycles. The lowest BCUT2D eigenvalue weighted by atomic mass is 10.2. The van der Waals surface area contributed by atoms with E-state index in [1.807, 2.05) is 0 Å². The Kier molecular flexibility index (Phi) is 2.04. The van der Waals surface area contributed by atoms with E-state index in [1.165, 1.54) is 6.33 Å². The topological polar surface area (TPSA) is 65.7 Å². The van der Waals surface area contributed by atoms with Crippen LogP contribution in [-0.4, -0.2) is 15.9 Å². The Balaban J connectivity index is 2.35. The molecule has 0 spiro atoms. The van der Waals surface area contributed by atoms with Crippen LogP contribution in [0.4, 0.5) is 0 Å². The lowest BCUT2D eigenvalue weighted by Crippen LogP contribution is -1.95. The van der Waals surface area contributed by atoms with Crippen molar-refractivity contribution < 1.29 is 9.90 Å². The predicted octanol–water partition coefficient (Wildman–Crippen LogP) is 0.299. The fourth-order valence-corrected chi connectivity index (χ4v) is 0.658. The Morgan fingerprint density at radius 1 is 1.70 bits per heavy atom. The number of hydrogen-bond donors (Lipinski definition) is 1. The molecule has 0 bridgehead atoms. The number of imidazole rings is 1. The molecule has 53 valence electrons. The third-order valence-electron chi connectivity index (χ3n) is 1.14. The van der Waals surface area contributed by atoms with Gasteiger partial charge in [-0.2, -0.15) is 0 Å². The molecular weight excluding hydrogens is 132 g/mol. The summed E-state index contributed by atoms with van der Waals surface area (Å²) in [4.78, 5) is 16.5. The van der Waals surface area contributed by atoms with Crippen LogP contribution in [0, 0.1) is 0 Å². The van der Waals surface area contributed by atoms with Crippen LogP contribution in [0.1, 0.15) is 12.1 Å². The summed E-state index contributed by atoms with van der Waals surface area (Å²) in [6, 6.07) is 0. The van der Waals surface area contributed by atoms with Gasteiger partial charge in [-0.25, -0.2) is 14.9 Å². The molecule has 1 aromatic heterocycles. The smallest absolute Gasteiger partial charge is 0.351 e. The van der Waals surface area contributed by atoms with Gasteiger partial charge in [0.25, 0.3) is 0 Å². The van der Waals surface area contributed by atoms with Crippen molar-refractivity contribution in [2.45, 2.75) is 12.8 Å². The second-order valence-electron chi connectivity index (χ2n) is 1.93. The van der Waals surface area contributed by atoms with Crippen molar-refractivity contribution >= 4 is 5.97 Å². The first-order chi connectivity index (χ1) is 4.79. The molecule has 0 saturated carbocycles. The Labute approximate surface area is 57.9 Å². The summed E-state index contributed by atoms with van der Waals surface area (Å²) in [5, 5.41) is 9.95. The van der Waals surface area contributed by atoms with E-state index >= 15 is 0 Å².